The summed E-state index contributed by atoms with van der Waals surface area (Å²) in [4.78, 5) is 34.1. The number of aromatic amines is 1. The number of hydrogen-bond donors (Lipinski definition) is 3. The van der Waals surface area contributed by atoms with Gasteiger partial charge in [0.1, 0.15) is 5.69 Å². The van der Waals surface area contributed by atoms with Crippen LogP contribution in [0.5, 0.6) is 0 Å². The van der Waals surface area contributed by atoms with Crippen LogP contribution in [-0.4, -0.2) is 14.5 Å². The fourth-order valence-corrected chi connectivity index (χ4v) is 4.60. The van der Waals surface area contributed by atoms with E-state index in [1.54, 1.807) is 41.9 Å². The van der Waals surface area contributed by atoms with Crippen LogP contribution in [0.1, 0.15) is 0 Å². The summed E-state index contributed by atoms with van der Waals surface area (Å²) in [6.45, 7) is 0. The van der Waals surface area contributed by atoms with Crippen molar-refractivity contribution in [2.75, 3.05) is 10.7 Å². The van der Waals surface area contributed by atoms with Crippen molar-refractivity contribution >= 4 is 50.8 Å². The van der Waals surface area contributed by atoms with Gasteiger partial charge in [0.05, 0.1) is 33.3 Å². The molecule has 0 atom stereocenters. The number of benzene rings is 2. The maximum absolute atomic E-state index is 13.9. The Bertz CT molecular complexity index is 1620. The number of thiophene rings is 1. The Morgan fingerprint density at radius 2 is 1.82 bits per heavy atom. The van der Waals surface area contributed by atoms with Crippen LogP contribution >= 0.6 is 22.9 Å². The standard InChI is InChI=1S/C23H17ClN6O2S/c24-19-9-14(12-33-19)20-21(30(26)17-8-4-3-7-16(17)25)22(31)29(23(32)28-20)18-11-27-10-13-5-1-2-6-15(13)18/h1-12H,25-26H2,(H,28,32). The molecule has 0 unspecified atom stereocenters. The number of nitrogens with one attached hydrogen (secondary N) is 1. The van der Waals surface area contributed by atoms with Gasteiger partial charge in [-0.05, 0) is 18.2 Å². The first kappa shape index (κ1) is 21.0. The second-order valence-electron chi connectivity index (χ2n) is 7.24. The van der Waals surface area contributed by atoms with Gasteiger partial charge in [0.25, 0.3) is 5.56 Å². The lowest BCUT2D eigenvalue weighted by atomic mass is 10.1. The van der Waals surface area contributed by atoms with Gasteiger partial charge in [-0.3, -0.25) is 14.8 Å². The van der Waals surface area contributed by atoms with Gasteiger partial charge in [-0.2, -0.15) is 0 Å². The molecule has 0 amide bonds. The highest BCUT2D eigenvalue weighted by atomic mass is 35.5. The molecule has 3 heterocycles. The van der Waals surface area contributed by atoms with Gasteiger partial charge in [0.15, 0.2) is 0 Å². The number of nitrogen functional groups attached to an aromatic ring is 1. The molecule has 33 heavy (non-hydrogen) atoms. The van der Waals surface area contributed by atoms with Gasteiger partial charge in [-0.15, -0.1) is 11.3 Å². The monoisotopic (exact) mass is 476 g/mol. The molecule has 0 aliphatic carbocycles. The summed E-state index contributed by atoms with van der Waals surface area (Å²) in [5.41, 5.74) is 6.82. The number of pyridine rings is 1. The summed E-state index contributed by atoms with van der Waals surface area (Å²) < 4.78 is 1.53. The molecule has 0 aliphatic heterocycles. The van der Waals surface area contributed by atoms with Crippen LogP contribution in [0.15, 0.2) is 82.0 Å². The molecule has 0 fully saturated rings. The molecular weight excluding hydrogens is 460 g/mol. The number of aromatic nitrogens is 3. The number of nitrogens with two attached hydrogens (primary N) is 2. The van der Waals surface area contributed by atoms with Gasteiger partial charge in [0.2, 0.25) is 0 Å². The summed E-state index contributed by atoms with van der Waals surface area (Å²) >= 11 is 7.40. The van der Waals surface area contributed by atoms with Crippen LogP contribution in [0.2, 0.25) is 4.34 Å². The van der Waals surface area contributed by atoms with Crippen molar-refractivity contribution in [1.29, 1.82) is 0 Å². The zero-order chi connectivity index (χ0) is 23.1. The summed E-state index contributed by atoms with van der Waals surface area (Å²) in [5.74, 6) is 6.45. The number of halogens is 1. The Kier molecular flexibility index (Phi) is 5.21. The molecule has 0 aliphatic rings. The number of nitrogens with zero attached hydrogens (tertiary/aromatic N) is 3. The molecule has 5 rings (SSSR count). The van der Waals surface area contributed by atoms with E-state index in [4.69, 9.17) is 23.2 Å². The lowest BCUT2D eigenvalue weighted by Crippen LogP contribution is -2.41. The highest BCUT2D eigenvalue weighted by Crippen LogP contribution is 2.34. The minimum atomic E-state index is -0.631. The molecule has 0 saturated carbocycles. The first-order valence-corrected chi connectivity index (χ1v) is 11.1. The average molecular weight is 477 g/mol. The largest absolute Gasteiger partial charge is 0.397 e. The zero-order valence-electron chi connectivity index (χ0n) is 17.0. The molecule has 8 nitrogen and oxygen atoms in total. The maximum atomic E-state index is 13.9. The molecule has 0 saturated heterocycles. The topological polar surface area (TPSA) is 123 Å². The third-order valence-electron chi connectivity index (χ3n) is 5.26. The highest BCUT2D eigenvalue weighted by Gasteiger charge is 2.24. The summed E-state index contributed by atoms with van der Waals surface area (Å²) in [7, 11) is 0. The molecule has 0 radical (unpaired) electrons. The third-order valence-corrected chi connectivity index (χ3v) is 6.35. The van der Waals surface area contributed by atoms with Crippen molar-refractivity contribution in [3.63, 3.8) is 0 Å². The number of H-pyrrole nitrogens is 1. The molecule has 164 valence electrons. The molecule has 2 aromatic carbocycles. The van der Waals surface area contributed by atoms with Crippen molar-refractivity contribution in [2.24, 2.45) is 5.84 Å². The number of rotatable bonds is 4. The summed E-state index contributed by atoms with van der Waals surface area (Å²) in [5, 5.41) is 4.40. The van der Waals surface area contributed by atoms with Crippen LogP contribution in [-0.2, 0) is 0 Å². The predicted molar refractivity (Wildman–Crippen MR) is 133 cm³/mol. The molecular formula is C23H17ClN6O2S. The van der Waals surface area contributed by atoms with Gasteiger partial charge >= 0.3 is 5.69 Å². The second kappa shape index (κ2) is 8.21. The number of fused-ring (bicyclic) bond motifs is 1. The molecule has 0 spiro atoms. The van der Waals surface area contributed by atoms with E-state index in [0.717, 1.165) is 9.95 Å². The highest BCUT2D eigenvalue weighted by molar-refractivity contribution is 7.14. The van der Waals surface area contributed by atoms with Crippen molar-refractivity contribution in [1.82, 2.24) is 14.5 Å². The van der Waals surface area contributed by atoms with Gasteiger partial charge in [0, 0.05) is 27.9 Å². The minimum Gasteiger partial charge on any atom is -0.397 e. The van der Waals surface area contributed by atoms with Crippen LogP contribution < -0.4 is 27.8 Å². The molecule has 5 N–H and O–H groups in total. The van der Waals surface area contributed by atoms with Gasteiger partial charge in [-0.25, -0.2) is 15.2 Å². The van der Waals surface area contributed by atoms with E-state index < -0.39 is 11.2 Å². The first-order valence-electron chi connectivity index (χ1n) is 9.82. The maximum Gasteiger partial charge on any atom is 0.333 e. The van der Waals surface area contributed by atoms with E-state index in [2.05, 4.69) is 9.97 Å². The van der Waals surface area contributed by atoms with Crippen LogP contribution in [0, 0.1) is 0 Å². The SMILES string of the molecule is Nc1ccccc1N(N)c1c(-c2csc(Cl)c2)[nH]c(=O)n(-c2cncc3ccccc23)c1=O. The predicted octanol–water partition coefficient (Wildman–Crippen LogP) is 4.05. The zero-order valence-corrected chi connectivity index (χ0v) is 18.6. The van der Waals surface area contributed by atoms with E-state index in [9.17, 15) is 9.59 Å². The van der Waals surface area contributed by atoms with E-state index in [1.807, 2.05) is 24.3 Å². The van der Waals surface area contributed by atoms with E-state index >= 15 is 0 Å². The number of para-hydroxylation sites is 2. The van der Waals surface area contributed by atoms with E-state index in [0.29, 0.717) is 32.3 Å². The van der Waals surface area contributed by atoms with Crippen molar-refractivity contribution in [2.45, 2.75) is 0 Å². The lowest BCUT2D eigenvalue weighted by molar-refractivity contribution is 0.866. The van der Waals surface area contributed by atoms with Gasteiger partial charge < -0.3 is 10.7 Å². The molecule has 0 bridgehead atoms. The molecule has 3 aromatic heterocycles. The van der Waals surface area contributed by atoms with Crippen molar-refractivity contribution in [3.05, 3.63) is 97.5 Å². The summed E-state index contributed by atoms with van der Waals surface area (Å²) in [6.07, 6.45) is 3.14. The lowest BCUT2D eigenvalue weighted by Gasteiger charge is -2.23. The normalized spacial score (nSPS) is 11.1. The number of hydrogen-bond acceptors (Lipinski definition) is 7. The average Bonchev–Trinajstić information content (AvgIpc) is 3.25. The van der Waals surface area contributed by atoms with E-state index in [1.165, 1.54) is 22.5 Å². The smallest absolute Gasteiger partial charge is 0.333 e. The van der Waals surface area contributed by atoms with Crippen LogP contribution in [0.25, 0.3) is 27.7 Å². The molecule has 5 aromatic rings. The van der Waals surface area contributed by atoms with E-state index in [-0.39, 0.29) is 11.4 Å². The Labute approximate surface area is 196 Å². The second-order valence-corrected chi connectivity index (χ2v) is 8.78. The quantitative estimate of drug-likeness (QED) is 0.204. The fraction of sp³-hybridized carbons (Fsp3) is 0. The van der Waals surface area contributed by atoms with Crippen molar-refractivity contribution < 1.29 is 0 Å². The Morgan fingerprint density at radius 1 is 1.06 bits per heavy atom. The number of hydrazine groups is 1. The van der Waals surface area contributed by atoms with Crippen LogP contribution in [0.4, 0.5) is 17.1 Å². The van der Waals surface area contributed by atoms with Gasteiger partial charge in [-0.1, -0.05) is 48.0 Å². The Balaban J connectivity index is 1.85. The minimum absolute atomic E-state index is 0.0369. The Morgan fingerprint density at radius 3 is 2.58 bits per heavy atom. The van der Waals surface area contributed by atoms with Crippen molar-refractivity contribution in [3.8, 4) is 16.9 Å². The third kappa shape index (κ3) is 3.58. The Hall–Kier alpha value is -3.92. The molecule has 10 heteroatoms. The first-order chi connectivity index (χ1) is 16.0. The number of anilines is 3. The summed E-state index contributed by atoms with van der Waals surface area (Å²) in [6, 6.07) is 15.9. The fourth-order valence-electron chi connectivity index (χ4n) is 3.73. The van der Waals surface area contributed by atoms with Crippen LogP contribution in [0.3, 0.4) is 0 Å².